The van der Waals surface area contributed by atoms with Gasteiger partial charge >= 0.3 is 0 Å². The average molecular weight is 410 g/mol. The van der Waals surface area contributed by atoms with E-state index in [1.807, 2.05) is 25.8 Å². The lowest BCUT2D eigenvalue weighted by Crippen LogP contribution is -2.44. The van der Waals surface area contributed by atoms with Gasteiger partial charge in [0.05, 0.1) is 12.0 Å². The zero-order valence-corrected chi connectivity index (χ0v) is 17.6. The first-order chi connectivity index (χ1) is 14.3. The van der Waals surface area contributed by atoms with Crippen LogP contribution in [0.4, 0.5) is 10.1 Å². The maximum Gasteiger partial charge on any atom is 0.256 e. The van der Waals surface area contributed by atoms with Crippen molar-refractivity contribution in [3.05, 3.63) is 52.1 Å². The van der Waals surface area contributed by atoms with Gasteiger partial charge in [0.1, 0.15) is 5.82 Å². The number of likely N-dealkylation sites (N-methyl/N-ethyl adjacent to an activating group) is 1. The van der Waals surface area contributed by atoms with Gasteiger partial charge in [-0.3, -0.25) is 9.59 Å². The number of H-pyrrole nitrogens is 1. The van der Waals surface area contributed by atoms with Gasteiger partial charge in [0, 0.05) is 35.7 Å². The molecule has 2 aliphatic rings. The minimum Gasteiger partial charge on any atom is -0.359 e. The Labute approximate surface area is 175 Å². The highest BCUT2D eigenvalue weighted by atomic mass is 19.1. The molecule has 3 N–H and O–H groups in total. The van der Waals surface area contributed by atoms with Gasteiger partial charge < -0.3 is 20.5 Å². The van der Waals surface area contributed by atoms with Crippen LogP contribution in [0, 0.1) is 19.7 Å². The molecular formula is C23H27FN4O2. The van der Waals surface area contributed by atoms with Crippen LogP contribution in [0.3, 0.4) is 0 Å². The van der Waals surface area contributed by atoms with Crippen LogP contribution in [-0.2, 0) is 16.0 Å². The van der Waals surface area contributed by atoms with Crippen LogP contribution >= 0.6 is 0 Å². The van der Waals surface area contributed by atoms with E-state index in [4.69, 9.17) is 0 Å². The zero-order chi connectivity index (χ0) is 21.4. The van der Waals surface area contributed by atoms with E-state index in [1.54, 1.807) is 12.1 Å². The number of anilines is 1. The van der Waals surface area contributed by atoms with Gasteiger partial charge in [0.2, 0.25) is 5.91 Å². The number of nitrogens with zero attached hydrogens (tertiary/aromatic N) is 1. The fourth-order valence-corrected chi connectivity index (χ4v) is 4.35. The van der Waals surface area contributed by atoms with Gasteiger partial charge in [-0.1, -0.05) is 0 Å². The molecule has 7 heteroatoms. The molecule has 1 saturated heterocycles. The van der Waals surface area contributed by atoms with Crippen molar-refractivity contribution >= 4 is 29.2 Å². The maximum absolute atomic E-state index is 13.7. The lowest BCUT2D eigenvalue weighted by atomic mass is 10.0. The quantitative estimate of drug-likeness (QED) is 0.678. The summed E-state index contributed by atoms with van der Waals surface area (Å²) in [6.07, 6.45) is 3.99. The number of halogens is 1. The molecule has 2 aromatic rings. The van der Waals surface area contributed by atoms with Crippen molar-refractivity contribution in [2.45, 2.75) is 39.2 Å². The van der Waals surface area contributed by atoms with Crippen LogP contribution in [-0.4, -0.2) is 47.9 Å². The monoisotopic (exact) mass is 410 g/mol. The molecule has 0 radical (unpaired) electrons. The van der Waals surface area contributed by atoms with Crippen molar-refractivity contribution in [2.24, 2.45) is 0 Å². The van der Waals surface area contributed by atoms with Gasteiger partial charge in [-0.2, -0.15) is 0 Å². The number of benzene rings is 1. The molecule has 158 valence electrons. The second-order valence-electron chi connectivity index (χ2n) is 8.13. The number of amides is 2. The van der Waals surface area contributed by atoms with E-state index in [9.17, 15) is 14.0 Å². The van der Waals surface area contributed by atoms with Crippen molar-refractivity contribution in [1.29, 1.82) is 0 Å². The van der Waals surface area contributed by atoms with E-state index in [0.29, 0.717) is 23.2 Å². The van der Waals surface area contributed by atoms with E-state index in [1.165, 1.54) is 12.1 Å². The zero-order valence-electron chi connectivity index (χ0n) is 17.6. The van der Waals surface area contributed by atoms with Gasteiger partial charge in [-0.05, 0) is 75.2 Å². The second kappa shape index (κ2) is 8.07. The van der Waals surface area contributed by atoms with Crippen LogP contribution in [0.15, 0.2) is 18.2 Å². The first-order valence-electron chi connectivity index (χ1n) is 10.3. The first kappa shape index (κ1) is 20.3. The predicted octanol–water partition coefficient (Wildman–Crippen LogP) is 3.02. The summed E-state index contributed by atoms with van der Waals surface area (Å²) < 4.78 is 13.7. The van der Waals surface area contributed by atoms with E-state index >= 15 is 0 Å². The molecule has 0 unspecified atom stereocenters. The molecule has 1 fully saturated rings. The molecule has 3 heterocycles. The highest BCUT2D eigenvalue weighted by molar-refractivity contribution is 6.34. The standard InChI is InChI=1S/C23H27FN4O2/c1-13-17(12-22(29)28(3)16-6-8-25-9-7-16)14(2)26-21(13)11-19-18-10-15(24)4-5-20(18)27-23(19)30/h4-5,10-11,16,25-26H,6-9,12H2,1-3H3,(H,27,30)/b19-11-. The lowest BCUT2D eigenvalue weighted by molar-refractivity contribution is -0.131. The normalized spacial score (nSPS) is 17.9. The Morgan fingerprint density at radius 3 is 2.73 bits per heavy atom. The van der Waals surface area contributed by atoms with Crippen molar-refractivity contribution in [3.63, 3.8) is 0 Å². The largest absolute Gasteiger partial charge is 0.359 e. The SMILES string of the molecule is Cc1[nH]c(/C=C2\C(=O)Nc3ccc(F)cc32)c(C)c1CC(=O)N(C)C1CCNCC1. The van der Waals surface area contributed by atoms with E-state index < -0.39 is 0 Å². The summed E-state index contributed by atoms with van der Waals surface area (Å²) in [7, 11) is 1.88. The minimum atomic E-state index is -0.386. The summed E-state index contributed by atoms with van der Waals surface area (Å²) in [6, 6.07) is 4.53. The summed E-state index contributed by atoms with van der Waals surface area (Å²) >= 11 is 0. The summed E-state index contributed by atoms with van der Waals surface area (Å²) in [5.74, 6) is -0.550. The van der Waals surface area contributed by atoms with E-state index in [0.717, 1.165) is 48.4 Å². The van der Waals surface area contributed by atoms with Crippen LogP contribution < -0.4 is 10.6 Å². The Kier molecular flexibility index (Phi) is 5.47. The number of hydrogen-bond acceptors (Lipinski definition) is 3. The average Bonchev–Trinajstić information content (AvgIpc) is 3.18. The van der Waals surface area contributed by atoms with Crippen molar-refractivity contribution in [1.82, 2.24) is 15.2 Å². The second-order valence-corrected chi connectivity index (χ2v) is 8.13. The first-order valence-corrected chi connectivity index (χ1v) is 10.3. The van der Waals surface area contributed by atoms with Crippen molar-refractivity contribution < 1.29 is 14.0 Å². The van der Waals surface area contributed by atoms with Crippen LogP contribution in [0.2, 0.25) is 0 Å². The Morgan fingerprint density at radius 1 is 1.27 bits per heavy atom. The number of aryl methyl sites for hydroxylation is 1. The molecule has 2 amide bonds. The molecule has 0 aliphatic carbocycles. The van der Waals surface area contributed by atoms with Crippen molar-refractivity contribution in [3.8, 4) is 0 Å². The van der Waals surface area contributed by atoms with Gasteiger partial charge in [0.15, 0.2) is 0 Å². The minimum absolute atomic E-state index is 0.0947. The molecule has 4 rings (SSSR count). The van der Waals surface area contributed by atoms with E-state index in [2.05, 4.69) is 15.6 Å². The third-order valence-corrected chi connectivity index (χ3v) is 6.26. The van der Waals surface area contributed by atoms with E-state index in [-0.39, 0.29) is 23.7 Å². The third kappa shape index (κ3) is 3.77. The molecule has 0 saturated carbocycles. The topological polar surface area (TPSA) is 77.2 Å². The maximum atomic E-state index is 13.7. The molecule has 0 atom stereocenters. The molecule has 6 nitrogen and oxygen atoms in total. The number of piperidine rings is 1. The Balaban J connectivity index is 1.59. The number of carbonyl (C=O) groups is 2. The molecule has 0 bridgehead atoms. The molecule has 30 heavy (non-hydrogen) atoms. The predicted molar refractivity (Wildman–Crippen MR) is 116 cm³/mol. The number of rotatable bonds is 4. The summed E-state index contributed by atoms with van der Waals surface area (Å²) in [6.45, 7) is 5.76. The van der Waals surface area contributed by atoms with Crippen LogP contribution in [0.1, 0.15) is 40.9 Å². The summed E-state index contributed by atoms with van der Waals surface area (Å²) in [5.41, 5.74) is 5.13. The molecule has 2 aliphatic heterocycles. The third-order valence-electron chi connectivity index (χ3n) is 6.26. The number of aromatic amines is 1. The molecular weight excluding hydrogens is 383 g/mol. The Bertz CT molecular complexity index is 1030. The fourth-order valence-electron chi connectivity index (χ4n) is 4.35. The highest BCUT2D eigenvalue weighted by Gasteiger charge is 2.26. The number of carbonyl (C=O) groups excluding carboxylic acids is 2. The number of aromatic nitrogens is 1. The van der Waals surface area contributed by atoms with Gasteiger partial charge in [0.25, 0.3) is 5.91 Å². The molecule has 1 aromatic heterocycles. The molecule has 1 aromatic carbocycles. The fraction of sp³-hybridized carbons (Fsp3) is 0.391. The summed E-state index contributed by atoms with van der Waals surface area (Å²) in [5, 5.41) is 6.09. The van der Waals surface area contributed by atoms with Crippen LogP contribution in [0.5, 0.6) is 0 Å². The number of nitrogens with one attached hydrogen (secondary N) is 3. The van der Waals surface area contributed by atoms with Gasteiger partial charge in [-0.25, -0.2) is 4.39 Å². The Morgan fingerprint density at radius 2 is 2.00 bits per heavy atom. The smallest absolute Gasteiger partial charge is 0.256 e. The van der Waals surface area contributed by atoms with Crippen molar-refractivity contribution in [2.75, 3.05) is 25.5 Å². The number of fused-ring (bicyclic) bond motifs is 1. The van der Waals surface area contributed by atoms with Crippen LogP contribution in [0.25, 0.3) is 11.6 Å². The molecule has 0 spiro atoms. The highest BCUT2D eigenvalue weighted by Crippen LogP contribution is 2.34. The lowest BCUT2D eigenvalue weighted by Gasteiger charge is -2.31. The summed E-state index contributed by atoms with van der Waals surface area (Å²) in [4.78, 5) is 30.5. The number of hydrogen-bond donors (Lipinski definition) is 3. The van der Waals surface area contributed by atoms with Gasteiger partial charge in [-0.15, -0.1) is 0 Å². The Hall–Kier alpha value is -2.93.